The maximum Gasteiger partial charge on any atom is 0.134 e. The van der Waals surface area contributed by atoms with Gasteiger partial charge in [-0.3, -0.25) is 0 Å². The van der Waals surface area contributed by atoms with E-state index in [0.29, 0.717) is 16.3 Å². The van der Waals surface area contributed by atoms with Gasteiger partial charge < -0.3 is 10.0 Å². The molecule has 1 saturated carbocycles. The highest BCUT2D eigenvalue weighted by molar-refractivity contribution is 7.99. The van der Waals surface area contributed by atoms with E-state index in [1.165, 1.54) is 0 Å². The second-order valence-electron chi connectivity index (χ2n) is 8.13. The number of aliphatic hydroxyl groups is 1. The highest BCUT2D eigenvalue weighted by Gasteiger charge is 2.40. The van der Waals surface area contributed by atoms with Crippen molar-refractivity contribution in [3.63, 3.8) is 0 Å². The Kier molecular flexibility index (Phi) is 5.94. The molecule has 0 radical (unpaired) electrons. The summed E-state index contributed by atoms with van der Waals surface area (Å²) in [4.78, 5) is 4.90. The van der Waals surface area contributed by atoms with E-state index in [1.54, 1.807) is 36.0 Å². The van der Waals surface area contributed by atoms with Crippen LogP contribution in [0.15, 0.2) is 87.5 Å². The molecule has 1 heterocycles. The number of aliphatic hydroxyl groups excluding tert-OH is 1. The van der Waals surface area contributed by atoms with Gasteiger partial charge in [-0.05, 0) is 67.8 Å². The molecular formula is C24H24ClN3O2S2. The first-order valence-electron chi connectivity index (χ1n) is 10.6. The monoisotopic (exact) mass is 485 g/mol. The van der Waals surface area contributed by atoms with Crippen LogP contribution in [0.5, 0.6) is 0 Å². The van der Waals surface area contributed by atoms with E-state index in [1.807, 2.05) is 24.3 Å². The van der Waals surface area contributed by atoms with Crippen LogP contribution in [-0.2, 0) is 9.92 Å². The number of hydrogen-bond acceptors (Lipinski definition) is 5. The SMILES string of the molecule is N=S(=O)(NC1CCCC(N2c3ccccc3Sc3ccccc32)C1O)c1ccc(Cl)cc1. The standard InChI is InChI=1S/C24H24ClN3O2S2/c25-16-12-14-17(15-13-16)32(26,30)27-18-6-5-9-21(24(18)29)28-19-7-1-3-10-22(19)31-23-11-4-2-8-20(23)28/h1-4,7-8,10-15,18,21,24,29H,5-6,9H2,(H2,26,27,30). The zero-order chi connectivity index (χ0) is 22.3. The summed E-state index contributed by atoms with van der Waals surface area (Å²) in [6.07, 6.45) is 1.55. The summed E-state index contributed by atoms with van der Waals surface area (Å²) in [5.41, 5.74) is 2.15. The summed E-state index contributed by atoms with van der Waals surface area (Å²) in [7, 11) is -3.28. The van der Waals surface area contributed by atoms with Gasteiger partial charge in [-0.25, -0.2) is 13.7 Å². The smallest absolute Gasteiger partial charge is 0.134 e. The Labute approximate surface area is 197 Å². The summed E-state index contributed by atoms with van der Waals surface area (Å²) in [6.45, 7) is 0. The van der Waals surface area contributed by atoms with Crippen LogP contribution in [0.4, 0.5) is 11.4 Å². The molecule has 2 aliphatic rings. The summed E-state index contributed by atoms with van der Waals surface area (Å²) < 4.78 is 24.6. The Bertz CT molecular complexity index is 1190. The number of benzene rings is 3. The Morgan fingerprint density at radius 3 is 2.19 bits per heavy atom. The Hall–Kier alpha value is -2.03. The van der Waals surface area contributed by atoms with Gasteiger partial charge in [0.25, 0.3) is 0 Å². The molecule has 4 atom stereocenters. The van der Waals surface area contributed by atoms with E-state index in [-0.39, 0.29) is 6.04 Å². The maximum atomic E-state index is 13.2. The summed E-state index contributed by atoms with van der Waals surface area (Å²) in [5.74, 6) is 0. The van der Waals surface area contributed by atoms with Crippen molar-refractivity contribution < 1.29 is 9.32 Å². The molecular weight excluding hydrogens is 462 g/mol. The molecule has 5 rings (SSSR count). The van der Waals surface area contributed by atoms with E-state index in [0.717, 1.165) is 34.0 Å². The van der Waals surface area contributed by atoms with Gasteiger partial charge in [0.05, 0.1) is 28.4 Å². The third kappa shape index (κ3) is 4.04. The molecule has 32 heavy (non-hydrogen) atoms. The largest absolute Gasteiger partial charge is 0.389 e. The molecule has 0 bridgehead atoms. The number of rotatable bonds is 4. The zero-order valence-electron chi connectivity index (χ0n) is 17.3. The van der Waals surface area contributed by atoms with E-state index >= 15 is 0 Å². The van der Waals surface area contributed by atoms with Crippen LogP contribution in [0.2, 0.25) is 5.02 Å². The molecule has 1 aliphatic heterocycles. The fourth-order valence-electron chi connectivity index (χ4n) is 4.57. The van der Waals surface area contributed by atoms with Crippen LogP contribution >= 0.6 is 23.4 Å². The Morgan fingerprint density at radius 1 is 0.969 bits per heavy atom. The Balaban J connectivity index is 1.46. The lowest BCUT2D eigenvalue weighted by atomic mass is 9.87. The summed E-state index contributed by atoms with van der Waals surface area (Å²) in [5, 5.41) is 12.0. The number of para-hydroxylation sites is 2. The van der Waals surface area contributed by atoms with Crippen LogP contribution in [0.3, 0.4) is 0 Å². The first-order chi connectivity index (χ1) is 15.4. The van der Waals surface area contributed by atoms with Crippen LogP contribution in [0, 0.1) is 4.78 Å². The molecule has 3 aromatic rings. The fraction of sp³-hybridized carbons (Fsp3) is 0.250. The number of hydrogen-bond donors (Lipinski definition) is 3. The van der Waals surface area contributed by atoms with Crippen LogP contribution in [-0.4, -0.2) is 27.5 Å². The van der Waals surface area contributed by atoms with Crippen LogP contribution in [0.25, 0.3) is 0 Å². The van der Waals surface area contributed by atoms with Gasteiger partial charge in [0.15, 0.2) is 0 Å². The molecule has 166 valence electrons. The average Bonchev–Trinajstić information content (AvgIpc) is 2.79. The van der Waals surface area contributed by atoms with Gasteiger partial charge in [0.1, 0.15) is 9.92 Å². The molecule has 0 amide bonds. The zero-order valence-corrected chi connectivity index (χ0v) is 19.7. The lowest BCUT2D eigenvalue weighted by Gasteiger charge is -2.45. The van der Waals surface area contributed by atoms with Crippen molar-refractivity contribution in [2.45, 2.75) is 52.1 Å². The molecule has 5 nitrogen and oxygen atoms in total. The molecule has 0 aromatic heterocycles. The van der Waals surface area contributed by atoms with Crippen LogP contribution < -0.4 is 9.62 Å². The number of nitrogens with one attached hydrogen (secondary N) is 2. The lowest BCUT2D eigenvalue weighted by molar-refractivity contribution is 0.0813. The number of nitrogens with zero attached hydrogens (tertiary/aromatic N) is 1. The minimum absolute atomic E-state index is 0.190. The Morgan fingerprint density at radius 2 is 1.56 bits per heavy atom. The number of anilines is 2. The molecule has 0 spiro atoms. The van der Waals surface area contributed by atoms with Crippen molar-refractivity contribution >= 4 is 44.7 Å². The lowest BCUT2D eigenvalue weighted by Crippen LogP contribution is -2.55. The third-order valence-corrected chi connectivity index (χ3v) is 9.04. The molecule has 4 unspecified atom stereocenters. The van der Waals surface area contributed by atoms with Crippen molar-refractivity contribution in [2.75, 3.05) is 4.90 Å². The van der Waals surface area contributed by atoms with Gasteiger partial charge >= 0.3 is 0 Å². The normalized spacial score (nSPS) is 24.3. The van der Waals surface area contributed by atoms with Crippen molar-refractivity contribution in [3.8, 4) is 0 Å². The van der Waals surface area contributed by atoms with Gasteiger partial charge in [-0.15, -0.1) is 0 Å². The molecule has 3 aromatic carbocycles. The molecule has 0 saturated heterocycles. The summed E-state index contributed by atoms with van der Waals surface area (Å²) in [6, 6.07) is 22.3. The van der Waals surface area contributed by atoms with Crippen molar-refractivity contribution in [2.24, 2.45) is 0 Å². The molecule has 3 N–H and O–H groups in total. The maximum absolute atomic E-state index is 13.2. The van der Waals surface area contributed by atoms with Gasteiger partial charge in [-0.1, -0.05) is 47.6 Å². The highest BCUT2D eigenvalue weighted by Crippen LogP contribution is 2.50. The van der Waals surface area contributed by atoms with Crippen molar-refractivity contribution in [3.05, 3.63) is 77.8 Å². The van der Waals surface area contributed by atoms with Gasteiger partial charge in [0, 0.05) is 20.9 Å². The second kappa shape index (κ2) is 8.72. The highest BCUT2D eigenvalue weighted by atomic mass is 35.5. The number of fused-ring (bicyclic) bond motifs is 2. The van der Waals surface area contributed by atoms with E-state index in [4.69, 9.17) is 16.4 Å². The minimum Gasteiger partial charge on any atom is -0.389 e. The van der Waals surface area contributed by atoms with Crippen molar-refractivity contribution in [1.29, 1.82) is 4.78 Å². The average molecular weight is 486 g/mol. The van der Waals surface area contributed by atoms with Crippen molar-refractivity contribution in [1.82, 2.24) is 4.72 Å². The first-order valence-corrected chi connectivity index (χ1v) is 13.3. The molecule has 1 fully saturated rings. The van der Waals surface area contributed by atoms with Gasteiger partial charge in [0.2, 0.25) is 0 Å². The first kappa shape index (κ1) is 21.8. The van der Waals surface area contributed by atoms with E-state index < -0.39 is 22.1 Å². The minimum atomic E-state index is -3.28. The van der Waals surface area contributed by atoms with E-state index in [9.17, 15) is 9.32 Å². The molecule has 1 aliphatic carbocycles. The quantitative estimate of drug-likeness (QED) is 0.434. The summed E-state index contributed by atoms with van der Waals surface area (Å²) >= 11 is 7.68. The number of halogens is 1. The molecule has 8 heteroatoms. The van der Waals surface area contributed by atoms with Gasteiger partial charge in [-0.2, -0.15) is 0 Å². The van der Waals surface area contributed by atoms with E-state index in [2.05, 4.69) is 33.9 Å². The predicted octanol–water partition coefficient (Wildman–Crippen LogP) is 5.84. The fourth-order valence-corrected chi connectivity index (χ4v) is 7.10. The topological polar surface area (TPSA) is 76.4 Å². The third-order valence-electron chi connectivity index (χ3n) is 6.09. The predicted molar refractivity (Wildman–Crippen MR) is 130 cm³/mol. The van der Waals surface area contributed by atoms with Crippen LogP contribution in [0.1, 0.15) is 19.3 Å². The second-order valence-corrected chi connectivity index (χ2v) is 11.5.